The van der Waals surface area contributed by atoms with Crippen molar-refractivity contribution in [3.8, 4) is 0 Å². The minimum Gasteiger partial charge on any atom is -0.355 e. The number of hydrogen-bond donors (Lipinski definition) is 2. The van der Waals surface area contributed by atoms with Crippen LogP contribution >= 0.6 is 11.8 Å². The average molecular weight is 509 g/mol. The lowest BCUT2D eigenvalue weighted by molar-refractivity contribution is 0.257. The van der Waals surface area contributed by atoms with Crippen LogP contribution in [0.25, 0.3) is 0 Å². The molecule has 0 saturated carbocycles. The lowest BCUT2D eigenvalue weighted by Gasteiger charge is -2.22. The van der Waals surface area contributed by atoms with E-state index in [4.69, 9.17) is 0 Å². The van der Waals surface area contributed by atoms with Crippen LogP contribution in [0.3, 0.4) is 0 Å². The second-order valence-electron chi connectivity index (χ2n) is 9.19. The number of anilines is 1. The summed E-state index contributed by atoms with van der Waals surface area (Å²) in [5.74, 6) is 2.27. The number of unbranched alkanes of at least 4 members (excludes halogenated alkanes) is 2. The first-order valence-corrected chi connectivity index (χ1v) is 14.2. The van der Waals surface area contributed by atoms with Crippen LogP contribution in [0.2, 0.25) is 0 Å². The summed E-state index contributed by atoms with van der Waals surface area (Å²) < 4.78 is 0. The third-order valence-electron chi connectivity index (χ3n) is 5.97. The highest BCUT2D eigenvalue weighted by Crippen LogP contribution is 2.14. The topological polar surface area (TPSA) is 86.8 Å². The quantitative estimate of drug-likeness (QED) is 0.257. The van der Waals surface area contributed by atoms with Gasteiger partial charge in [-0.05, 0) is 62.2 Å². The second-order valence-corrected chi connectivity index (χ2v) is 10.3. The largest absolute Gasteiger partial charge is 0.355 e. The van der Waals surface area contributed by atoms with Crippen LogP contribution in [0.1, 0.15) is 67.6 Å². The number of H-pyrrole nitrogens is 1. The fourth-order valence-electron chi connectivity index (χ4n) is 3.88. The summed E-state index contributed by atoms with van der Waals surface area (Å²) >= 11 is 1.83. The molecule has 3 heterocycles. The maximum atomic E-state index is 12.4. The molecule has 0 aliphatic heterocycles. The van der Waals surface area contributed by atoms with Crippen molar-refractivity contribution >= 4 is 17.7 Å². The number of nitrogens with one attached hydrogen (secondary N) is 2. The Hall–Kier alpha value is -2.71. The van der Waals surface area contributed by atoms with Crippen molar-refractivity contribution in [3.63, 3.8) is 0 Å². The van der Waals surface area contributed by atoms with Crippen LogP contribution in [0.4, 0.5) is 5.95 Å². The Balaban J connectivity index is 1.42. The highest BCUT2D eigenvalue weighted by atomic mass is 32.2. The molecule has 2 N–H and O–H groups in total. The minimum atomic E-state index is -0.117. The predicted molar refractivity (Wildman–Crippen MR) is 151 cm³/mol. The van der Waals surface area contributed by atoms with Gasteiger partial charge in [0.25, 0.3) is 5.56 Å². The van der Waals surface area contributed by atoms with E-state index in [2.05, 4.69) is 56.1 Å². The van der Waals surface area contributed by atoms with E-state index in [0.717, 1.165) is 54.6 Å². The van der Waals surface area contributed by atoms with Crippen molar-refractivity contribution in [1.82, 2.24) is 24.8 Å². The van der Waals surface area contributed by atoms with Gasteiger partial charge in [0.2, 0.25) is 5.95 Å². The van der Waals surface area contributed by atoms with E-state index in [1.807, 2.05) is 37.0 Å². The average Bonchev–Trinajstić information content (AvgIpc) is 2.88. The van der Waals surface area contributed by atoms with E-state index in [9.17, 15) is 4.79 Å². The van der Waals surface area contributed by atoms with Crippen LogP contribution in [-0.2, 0) is 18.7 Å². The summed E-state index contributed by atoms with van der Waals surface area (Å²) in [4.78, 5) is 31.1. The molecule has 0 fully saturated rings. The van der Waals surface area contributed by atoms with Crippen molar-refractivity contribution in [2.45, 2.75) is 65.2 Å². The fraction of sp³-hybridized carbons (Fsp3) is 0.500. The standard InChI is InChI=1S/C28H40N6OS/c1-4-6-13-34(14-7-5-2)20-24-10-11-29-26(17-24)21-36-15-12-30-28-32-19-25(27(35)33-28)16-23-9-8-22(3)31-18-23/h8-11,17-19H,4-7,12-16,20-21H2,1-3H3,(H2,30,32,33,35). The van der Waals surface area contributed by atoms with Gasteiger partial charge in [-0.3, -0.25) is 24.6 Å². The summed E-state index contributed by atoms with van der Waals surface area (Å²) in [6, 6.07) is 8.32. The van der Waals surface area contributed by atoms with Gasteiger partial charge in [0.15, 0.2) is 0 Å². The summed E-state index contributed by atoms with van der Waals surface area (Å²) in [5.41, 5.74) is 4.93. The van der Waals surface area contributed by atoms with Crippen molar-refractivity contribution in [1.29, 1.82) is 0 Å². The third kappa shape index (κ3) is 9.74. The summed E-state index contributed by atoms with van der Waals surface area (Å²) in [7, 11) is 0. The molecule has 0 atom stereocenters. The molecule has 36 heavy (non-hydrogen) atoms. The number of aromatic amines is 1. The van der Waals surface area contributed by atoms with Crippen molar-refractivity contribution in [2.75, 3.05) is 30.7 Å². The van der Waals surface area contributed by atoms with Gasteiger partial charge in [0.05, 0.1) is 5.69 Å². The highest BCUT2D eigenvalue weighted by Gasteiger charge is 2.07. The zero-order valence-corrected chi connectivity index (χ0v) is 22.7. The molecule has 194 valence electrons. The van der Waals surface area contributed by atoms with Crippen molar-refractivity contribution < 1.29 is 0 Å². The number of pyridine rings is 2. The number of hydrogen-bond acceptors (Lipinski definition) is 7. The van der Waals surface area contributed by atoms with Gasteiger partial charge in [0, 0.05) is 60.9 Å². The van der Waals surface area contributed by atoms with Gasteiger partial charge < -0.3 is 5.32 Å². The maximum Gasteiger partial charge on any atom is 0.255 e. The molecule has 8 heteroatoms. The zero-order chi connectivity index (χ0) is 25.6. The first-order chi connectivity index (χ1) is 17.6. The fourth-order valence-corrected chi connectivity index (χ4v) is 4.63. The molecule has 3 rings (SSSR count). The Kier molecular flexibility index (Phi) is 11.9. The molecule has 3 aromatic heterocycles. The Morgan fingerprint density at radius 1 is 1.00 bits per heavy atom. The molecule has 0 unspecified atom stereocenters. The van der Waals surface area contributed by atoms with Crippen LogP contribution in [0.5, 0.6) is 0 Å². The number of aryl methyl sites for hydroxylation is 1. The molecule has 0 spiro atoms. The summed E-state index contributed by atoms with van der Waals surface area (Å²) in [6.07, 6.45) is 10.9. The summed E-state index contributed by atoms with van der Waals surface area (Å²) in [6.45, 7) is 10.5. The summed E-state index contributed by atoms with van der Waals surface area (Å²) in [5, 5.41) is 3.22. The second kappa shape index (κ2) is 15.4. The monoisotopic (exact) mass is 508 g/mol. The molecule has 0 bridgehead atoms. The maximum absolute atomic E-state index is 12.4. The Bertz CT molecular complexity index is 1090. The third-order valence-corrected chi connectivity index (χ3v) is 6.96. The molecule has 3 aromatic rings. The van der Waals surface area contributed by atoms with Gasteiger partial charge in [-0.2, -0.15) is 11.8 Å². The molecule has 0 aromatic carbocycles. The number of aromatic nitrogens is 4. The first kappa shape index (κ1) is 27.9. The molecule has 0 radical (unpaired) electrons. The Labute approximate surface area is 219 Å². The number of thioether (sulfide) groups is 1. The Morgan fingerprint density at radius 3 is 2.50 bits per heavy atom. The molecule has 0 aliphatic carbocycles. The lowest BCUT2D eigenvalue weighted by Crippen LogP contribution is -2.25. The Morgan fingerprint density at radius 2 is 1.81 bits per heavy atom. The smallest absolute Gasteiger partial charge is 0.255 e. The van der Waals surface area contributed by atoms with Crippen LogP contribution < -0.4 is 10.9 Å². The minimum absolute atomic E-state index is 0.117. The number of nitrogens with zero attached hydrogens (tertiary/aromatic N) is 4. The van der Waals surface area contributed by atoms with Crippen LogP contribution in [-0.4, -0.2) is 50.2 Å². The highest BCUT2D eigenvalue weighted by molar-refractivity contribution is 7.98. The number of rotatable bonds is 16. The first-order valence-electron chi connectivity index (χ1n) is 13.0. The van der Waals surface area contributed by atoms with E-state index < -0.39 is 0 Å². The van der Waals surface area contributed by atoms with Gasteiger partial charge in [-0.1, -0.05) is 32.8 Å². The van der Waals surface area contributed by atoms with Crippen molar-refractivity contribution in [3.05, 3.63) is 81.3 Å². The molecule has 0 aliphatic rings. The molecular weight excluding hydrogens is 468 g/mol. The van der Waals surface area contributed by atoms with Gasteiger partial charge in [-0.15, -0.1) is 0 Å². The van der Waals surface area contributed by atoms with Crippen molar-refractivity contribution in [2.24, 2.45) is 0 Å². The normalized spacial score (nSPS) is 11.2. The van der Waals surface area contributed by atoms with Gasteiger partial charge in [-0.25, -0.2) is 4.98 Å². The van der Waals surface area contributed by atoms with E-state index in [0.29, 0.717) is 17.9 Å². The SMILES string of the molecule is CCCCN(CCCC)Cc1ccnc(CSCCNc2ncc(Cc3ccc(C)nc3)c(=O)[nH]2)c1. The van der Waals surface area contributed by atoms with E-state index in [1.54, 1.807) is 12.4 Å². The predicted octanol–water partition coefficient (Wildman–Crippen LogP) is 5.21. The zero-order valence-electron chi connectivity index (χ0n) is 21.9. The molecule has 7 nitrogen and oxygen atoms in total. The van der Waals surface area contributed by atoms with E-state index in [1.165, 1.54) is 31.2 Å². The van der Waals surface area contributed by atoms with Gasteiger partial charge in [0.1, 0.15) is 0 Å². The van der Waals surface area contributed by atoms with E-state index in [-0.39, 0.29) is 5.56 Å². The lowest BCUT2D eigenvalue weighted by atomic mass is 10.1. The van der Waals surface area contributed by atoms with Gasteiger partial charge >= 0.3 is 0 Å². The molecule has 0 saturated heterocycles. The molecular formula is C28H40N6OS. The van der Waals surface area contributed by atoms with E-state index >= 15 is 0 Å². The van der Waals surface area contributed by atoms with Crippen LogP contribution in [0, 0.1) is 6.92 Å². The molecule has 0 amide bonds. The van der Waals surface area contributed by atoms with Crippen LogP contribution in [0.15, 0.2) is 47.7 Å².